The number of hydrogen-bond donors (Lipinski definition) is 0. The van der Waals surface area contributed by atoms with Crippen LogP contribution < -0.4 is 0 Å². The Morgan fingerprint density at radius 3 is 3.20 bits per heavy atom. The average molecular weight is 236 g/mol. The molecule has 0 fully saturated rings. The maximum atomic E-state index is 3.41. The van der Waals surface area contributed by atoms with Crippen LogP contribution in [0.2, 0.25) is 5.21 Å². The molecule has 0 N–H and O–H groups in total. The molecule has 1 radical (unpaired) electrons. The fraction of sp³-hybridized carbons (Fsp3) is 0.333. The summed E-state index contributed by atoms with van der Waals surface area (Å²) in [6.07, 6.45) is 0. The first-order valence-corrected chi connectivity index (χ1v) is 6.45. The van der Waals surface area contributed by atoms with Gasteiger partial charge in [0, 0.05) is 0 Å². The summed E-state index contributed by atoms with van der Waals surface area (Å²) in [7, 11) is 0. The zero-order valence-corrected chi connectivity index (χ0v) is 7.11. The fourth-order valence-corrected chi connectivity index (χ4v) is 7.12. The molecule has 0 spiro atoms. The number of rotatable bonds is 0. The average Bonchev–Trinajstić information content (AvgIpc) is 1.76. The van der Waals surface area contributed by atoms with Crippen LogP contribution in [-0.2, 0) is 0 Å². The van der Waals surface area contributed by atoms with Crippen LogP contribution in [0.5, 0.6) is 0 Å². The van der Waals surface area contributed by atoms with Crippen LogP contribution in [0.1, 0.15) is 0 Å². The third-order valence-corrected chi connectivity index (χ3v) is 8.41. The van der Waals surface area contributed by atoms with Crippen molar-refractivity contribution in [1.82, 2.24) is 0 Å². The van der Waals surface area contributed by atoms with Crippen molar-refractivity contribution in [3.63, 3.8) is 0 Å². The Balaban J connectivity index is 2.61. The Morgan fingerprint density at radius 1 is 2.00 bits per heavy atom. The molecule has 1 rings (SSSR count). The van der Waals surface area contributed by atoms with E-state index in [0.717, 1.165) is 0 Å². The molecule has 0 saturated carbocycles. The van der Waals surface area contributed by atoms with E-state index in [0.29, 0.717) is 15.3 Å². The molecular formula is C3H3AsSb. The molecule has 0 aromatic carbocycles. The van der Waals surface area contributed by atoms with E-state index in [1.54, 1.807) is 0 Å². The van der Waals surface area contributed by atoms with E-state index in [-0.39, 0.29) is 21.1 Å². The summed E-state index contributed by atoms with van der Waals surface area (Å²) in [5.74, 6) is 0. The summed E-state index contributed by atoms with van der Waals surface area (Å²) >= 11 is 0.749. The normalized spacial score (nSPS) is 20.8. The predicted molar refractivity (Wildman–Crippen MR) is 27.4 cm³/mol. The monoisotopic (exact) mass is 235 g/mol. The van der Waals surface area contributed by atoms with Gasteiger partial charge in [0.1, 0.15) is 0 Å². The van der Waals surface area contributed by atoms with E-state index in [2.05, 4.69) is 6.70 Å². The minimum absolute atomic E-state index is 0.133. The summed E-state index contributed by atoms with van der Waals surface area (Å²) in [5.41, 5.74) is 0. The van der Waals surface area contributed by atoms with Crippen molar-refractivity contribution in [3.8, 4) is 0 Å². The number of hydrogen-bond acceptors (Lipinski definition) is 0. The second-order valence-corrected chi connectivity index (χ2v) is 7.35. The zero-order chi connectivity index (χ0) is 3.54. The third-order valence-electron chi connectivity index (χ3n) is 0.393. The second kappa shape index (κ2) is 2.32. The molecule has 1 aliphatic heterocycles. The van der Waals surface area contributed by atoms with Gasteiger partial charge in [0.15, 0.2) is 0 Å². The van der Waals surface area contributed by atoms with Gasteiger partial charge in [-0.05, 0) is 0 Å². The van der Waals surface area contributed by atoms with Crippen molar-refractivity contribution in [2.45, 2.75) is 5.21 Å². The van der Waals surface area contributed by atoms with Gasteiger partial charge in [0.05, 0.1) is 0 Å². The summed E-state index contributed by atoms with van der Waals surface area (Å²) in [6, 6.07) is 0. The van der Waals surface area contributed by atoms with E-state index >= 15 is 0 Å². The summed E-state index contributed by atoms with van der Waals surface area (Å²) in [5, 5.41) is 1.42. The summed E-state index contributed by atoms with van der Waals surface area (Å²) < 4.78 is 5.85. The van der Waals surface area contributed by atoms with Gasteiger partial charge in [0.2, 0.25) is 0 Å². The molecule has 0 aromatic heterocycles. The van der Waals surface area contributed by atoms with Crippen LogP contribution in [0.3, 0.4) is 0 Å². The van der Waals surface area contributed by atoms with Crippen LogP contribution in [0.4, 0.5) is 0 Å². The molecule has 0 aromatic rings. The van der Waals surface area contributed by atoms with Gasteiger partial charge >= 0.3 is 48.4 Å². The van der Waals surface area contributed by atoms with Crippen molar-refractivity contribution < 1.29 is 0 Å². The molecule has 1 heterocycles. The van der Waals surface area contributed by atoms with E-state index < -0.39 is 0 Å². The zero-order valence-electron chi connectivity index (χ0n) is 2.68. The first-order valence-electron chi connectivity index (χ1n) is 1.43. The van der Waals surface area contributed by atoms with Crippen LogP contribution >= 0.6 is 0 Å². The second-order valence-electron chi connectivity index (χ2n) is 0.752. The summed E-state index contributed by atoms with van der Waals surface area (Å²) in [6.45, 7) is 0. The molecule has 2 heteroatoms. The molecule has 0 aliphatic carbocycles. The predicted octanol–water partition coefficient (Wildman–Crippen LogP) is -0.734. The van der Waals surface area contributed by atoms with E-state index in [4.69, 9.17) is 0 Å². The van der Waals surface area contributed by atoms with Gasteiger partial charge < -0.3 is 0 Å². The van der Waals surface area contributed by atoms with E-state index in [1.165, 1.54) is 5.21 Å². The van der Waals surface area contributed by atoms with Crippen molar-refractivity contribution in [1.29, 1.82) is 0 Å². The van der Waals surface area contributed by atoms with Crippen LogP contribution in [0, 0.1) is 0 Å². The van der Waals surface area contributed by atoms with Gasteiger partial charge in [-0.2, -0.15) is 0 Å². The van der Waals surface area contributed by atoms with Crippen LogP contribution in [0.25, 0.3) is 0 Å². The first kappa shape index (κ1) is 4.28. The topological polar surface area (TPSA) is 0 Å². The van der Waals surface area contributed by atoms with Gasteiger partial charge in [-0.25, -0.2) is 0 Å². The van der Waals surface area contributed by atoms with Gasteiger partial charge in [-0.15, -0.1) is 0 Å². The Kier molecular flexibility index (Phi) is 1.98. The molecule has 25 valence electrons. The van der Waals surface area contributed by atoms with Gasteiger partial charge in [-0.3, -0.25) is 0 Å². The van der Waals surface area contributed by atoms with Crippen molar-refractivity contribution in [3.05, 3.63) is 0 Å². The molecule has 0 nitrogen and oxygen atoms in total. The van der Waals surface area contributed by atoms with Crippen LogP contribution in [-0.4, -0.2) is 43.2 Å². The standard InChI is InChI=1S/C3H3As.Sb/c1-3-4-2;/h1H,3H2;. The minimum atomic E-state index is 0.133. The Morgan fingerprint density at radius 2 is 3.00 bits per heavy atom. The maximum absolute atomic E-state index is 3.41. The Labute approximate surface area is 48.2 Å². The molecule has 0 bridgehead atoms. The van der Waals surface area contributed by atoms with Gasteiger partial charge in [0.25, 0.3) is 0 Å². The fourth-order valence-electron chi connectivity index (χ4n) is 0.204. The third kappa shape index (κ3) is 1.33. The van der Waals surface area contributed by atoms with Crippen molar-refractivity contribution in [2.75, 3.05) is 0 Å². The molecular weight excluding hydrogens is 233 g/mol. The van der Waals surface area contributed by atoms with Gasteiger partial charge in [-0.1, -0.05) is 0 Å². The molecule has 0 saturated heterocycles. The molecule has 0 unspecified atom stereocenters. The quantitative estimate of drug-likeness (QED) is 0.486. The molecule has 5 heavy (non-hydrogen) atoms. The summed E-state index contributed by atoms with van der Waals surface area (Å²) in [4.78, 5) is 0. The molecule has 0 atom stereocenters. The van der Waals surface area contributed by atoms with E-state index in [9.17, 15) is 0 Å². The molecule has 1 aliphatic rings. The van der Waals surface area contributed by atoms with Crippen LogP contribution in [0.15, 0.2) is 0 Å². The van der Waals surface area contributed by atoms with Crippen molar-refractivity contribution in [2.24, 2.45) is 0 Å². The van der Waals surface area contributed by atoms with E-state index in [1.807, 2.05) is 0 Å². The Bertz CT molecular complexity index is 65.0. The van der Waals surface area contributed by atoms with Crippen molar-refractivity contribution >= 4 is 43.2 Å². The SMILES string of the molecule is [C]1=[As]C[CH]=[Sb]1. The molecule has 0 amide bonds. The first-order chi connectivity index (χ1) is 2.50. The Hall–Kier alpha value is 1.12.